The van der Waals surface area contributed by atoms with Gasteiger partial charge in [0.1, 0.15) is 0 Å². The predicted molar refractivity (Wildman–Crippen MR) is 72.6 cm³/mol. The first-order valence-corrected chi connectivity index (χ1v) is 6.34. The van der Waals surface area contributed by atoms with Crippen molar-refractivity contribution in [3.05, 3.63) is 29.3 Å². The van der Waals surface area contributed by atoms with Gasteiger partial charge < -0.3 is 10.6 Å². The fourth-order valence-electron chi connectivity index (χ4n) is 2.29. The van der Waals surface area contributed by atoms with Crippen LogP contribution in [0.1, 0.15) is 30.4 Å². The monoisotopic (exact) mass is 231 g/mol. The van der Waals surface area contributed by atoms with Crippen molar-refractivity contribution in [2.24, 2.45) is 10.7 Å². The molecule has 3 heteroatoms. The van der Waals surface area contributed by atoms with Crippen LogP contribution in [-0.4, -0.2) is 23.9 Å². The van der Waals surface area contributed by atoms with Crippen molar-refractivity contribution in [3.8, 4) is 0 Å². The Balaban J connectivity index is 2.22. The summed E-state index contributed by atoms with van der Waals surface area (Å²) in [4.78, 5) is 6.79. The summed E-state index contributed by atoms with van der Waals surface area (Å²) in [6.07, 6.45) is 3.76. The Bertz CT molecular complexity index is 397. The van der Waals surface area contributed by atoms with Gasteiger partial charge in [-0.05, 0) is 44.2 Å². The molecule has 1 saturated heterocycles. The van der Waals surface area contributed by atoms with Crippen LogP contribution in [0.2, 0.25) is 0 Å². The van der Waals surface area contributed by atoms with Crippen LogP contribution in [0.4, 0.5) is 5.69 Å². The molecular formula is C14H21N3. The molecule has 0 aromatic heterocycles. The third-order valence-corrected chi connectivity index (χ3v) is 3.35. The number of nitrogens with two attached hydrogens (primary N) is 1. The average Bonchev–Trinajstić information content (AvgIpc) is 2.35. The molecule has 1 aliphatic heterocycles. The van der Waals surface area contributed by atoms with Gasteiger partial charge in [0.15, 0.2) is 5.96 Å². The zero-order valence-electron chi connectivity index (χ0n) is 10.7. The molecule has 0 spiro atoms. The van der Waals surface area contributed by atoms with Gasteiger partial charge in [0.2, 0.25) is 0 Å². The Hall–Kier alpha value is -1.51. The van der Waals surface area contributed by atoms with Gasteiger partial charge in [-0.15, -0.1) is 0 Å². The number of nitrogens with zero attached hydrogens (tertiary/aromatic N) is 2. The number of guanidine groups is 1. The fraction of sp³-hybridized carbons (Fsp3) is 0.500. The highest BCUT2D eigenvalue weighted by atomic mass is 15.3. The van der Waals surface area contributed by atoms with Crippen molar-refractivity contribution >= 4 is 11.6 Å². The standard InChI is InChI=1S/C14H21N3/c1-11-7-6-8-12(2)13(11)16-14(15)17-9-4-3-5-10-17/h6-8H,3-5,9-10H2,1-2H3,(H2,15,16). The number of aryl methyl sites for hydroxylation is 2. The van der Waals surface area contributed by atoms with E-state index < -0.39 is 0 Å². The van der Waals surface area contributed by atoms with Crippen molar-refractivity contribution in [2.45, 2.75) is 33.1 Å². The molecular weight excluding hydrogens is 210 g/mol. The van der Waals surface area contributed by atoms with Crippen molar-refractivity contribution in [1.29, 1.82) is 0 Å². The normalized spacial score (nSPS) is 17.3. The highest BCUT2D eigenvalue weighted by molar-refractivity contribution is 5.82. The molecule has 0 saturated carbocycles. The van der Waals surface area contributed by atoms with E-state index in [2.05, 4.69) is 41.9 Å². The molecule has 1 fully saturated rings. The minimum absolute atomic E-state index is 0.669. The SMILES string of the molecule is Cc1cccc(C)c1N=C(N)N1CCCCC1. The summed E-state index contributed by atoms with van der Waals surface area (Å²) in [5, 5.41) is 0. The lowest BCUT2D eigenvalue weighted by molar-refractivity contribution is 0.339. The number of para-hydroxylation sites is 1. The Labute approximate surface area is 103 Å². The first-order valence-electron chi connectivity index (χ1n) is 6.34. The molecule has 1 heterocycles. The quantitative estimate of drug-likeness (QED) is 0.596. The molecule has 2 rings (SSSR count). The van der Waals surface area contributed by atoms with Crippen LogP contribution in [0.15, 0.2) is 23.2 Å². The van der Waals surface area contributed by atoms with Crippen LogP contribution < -0.4 is 5.73 Å². The summed E-state index contributed by atoms with van der Waals surface area (Å²) < 4.78 is 0. The van der Waals surface area contributed by atoms with Gasteiger partial charge in [-0.1, -0.05) is 18.2 Å². The van der Waals surface area contributed by atoms with Gasteiger partial charge in [0.05, 0.1) is 5.69 Å². The summed E-state index contributed by atoms with van der Waals surface area (Å²) in [7, 11) is 0. The Morgan fingerprint density at radius 3 is 2.29 bits per heavy atom. The molecule has 0 atom stereocenters. The smallest absolute Gasteiger partial charge is 0.196 e. The van der Waals surface area contributed by atoms with E-state index in [0.29, 0.717) is 5.96 Å². The van der Waals surface area contributed by atoms with E-state index in [1.54, 1.807) is 0 Å². The summed E-state index contributed by atoms with van der Waals surface area (Å²) in [6, 6.07) is 6.21. The summed E-state index contributed by atoms with van der Waals surface area (Å²) >= 11 is 0. The van der Waals surface area contributed by atoms with Crippen molar-refractivity contribution in [2.75, 3.05) is 13.1 Å². The molecule has 3 nitrogen and oxygen atoms in total. The summed E-state index contributed by atoms with van der Waals surface area (Å²) in [5.41, 5.74) is 9.49. The Morgan fingerprint density at radius 2 is 1.71 bits per heavy atom. The molecule has 92 valence electrons. The number of likely N-dealkylation sites (tertiary alicyclic amines) is 1. The van der Waals surface area contributed by atoms with Crippen molar-refractivity contribution in [1.82, 2.24) is 4.90 Å². The first-order chi connectivity index (χ1) is 8.18. The highest BCUT2D eigenvalue weighted by Gasteiger charge is 2.12. The molecule has 0 aliphatic carbocycles. The maximum atomic E-state index is 6.09. The number of piperidine rings is 1. The molecule has 0 bridgehead atoms. The van der Waals surface area contributed by atoms with Gasteiger partial charge in [0.25, 0.3) is 0 Å². The maximum Gasteiger partial charge on any atom is 0.196 e. The number of rotatable bonds is 1. The number of benzene rings is 1. The van der Waals surface area contributed by atoms with E-state index >= 15 is 0 Å². The van der Waals surface area contributed by atoms with E-state index in [1.807, 2.05) is 0 Å². The molecule has 2 N–H and O–H groups in total. The Kier molecular flexibility index (Phi) is 3.67. The third-order valence-electron chi connectivity index (χ3n) is 3.35. The molecule has 1 aromatic carbocycles. The van der Waals surface area contributed by atoms with Crippen LogP contribution in [-0.2, 0) is 0 Å². The van der Waals surface area contributed by atoms with Gasteiger partial charge in [-0.25, -0.2) is 4.99 Å². The van der Waals surface area contributed by atoms with E-state index in [9.17, 15) is 0 Å². The van der Waals surface area contributed by atoms with Crippen LogP contribution in [0, 0.1) is 13.8 Å². The Morgan fingerprint density at radius 1 is 1.12 bits per heavy atom. The lowest BCUT2D eigenvalue weighted by Crippen LogP contribution is -2.40. The van der Waals surface area contributed by atoms with E-state index in [4.69, 9.17) is 5.73 Å². The second-order valence-corrected chi connectivity index (χ2v) is 4.76. The molecule has 0 radical (unpaired) electrons. The van der Waals surface area contributed by atoms with E-state index in [0.717, 1.165) is 18.8 Å². The van der Waals surface area contributed by atoms with E-state index in [-0.39, 0.29) is 0 Å². The minimum atomic E-state index is 0.669. The number of hydrogen-bond acceptors (Lipinski definition) is 1. The van der Waals surface area contributed by atoms with Crippen LogP contribution in [0.3, 0.4) is 0 Å². The molecule has 0 amide bonds. The fourth-order valence-corrected chi connectivity index (χ4v) is 2.29. The summed E-state index contributed by atoms with van der Waals surface area (Å²) in [5.74, 6) is 0.669. The maximum absolute atomic E-state index is 6.09. The van der Waals surface area contributed by atoms with Crippen LogP contribution in [0.25, 0.3) is 0 Å². The third kappa shape index (κ3) is 2.78. The zero-order valence-corrected chi connectivity index (χ0v) is 10.7. The van der Waals surface area contributed by atoms with Gasteiger partial charge >= 0.3 is 0 Å². The zero-order chi connectivity index (χ0) is 12.3. The highest BCUT2D eigenvalue weighted by Crippen LogP contribution is 2.23. The number of hydrogen-bond donors (Lipinski definition) is 1. The predicted octanol–water partition coefficient (Wildman–Crippen LogP) is 2.74. The van der Waals surface area contributed by atoms with Crippen LogP contribution in [0.5, 0.6) is 0 Å². The van der Waals surface area contributed by atoms with Crippen LogP contribution >= 0.6 is 0 Å². The first kappa shape index (κ1) is 12.0. The average molecular weight is 231 g/mol. The molecule has 1 aromatic rings. The second-order valence-electron chi connectivity index (χ2n) is 4.76. The lowest BCUT2D eigenvalue weighted by Gasteiger charge is -2.27. The molecule has 0 unspecified atom stereocenters. The van der Waals surface area contributed by atoms with Gasteiger partial charge in [-0.2, -0.15) is 0 Å². The van der Waals surface area contributed by atoms with Gasteiger partial charge in [-0.3, -0.25) is 0 Å². The van der Waals surface area contributed by atoms with E-state index in [1.165, 1.54) is 30.4 Å². The second kappa shape index (κ2) is 5.21. The van der Waals surface area contributed by atoms with Crippen molar-refractivity contribution in [3.63, 3.8) is 0 Å². The lowest BCUT2D eigenvalue weighted by atomic mass is 10.1. The van der Waals surface area contributed by atoms with Gasteiger partial charge in [0, 0.05) is 13.1 Å². The van der Waals surface area contributed by atoms with Crippen molar-refractivity contribution < 1.29 is 0 Å². The molecule has 17 heavy (non-hydrogen) atoms. The minimum Gasteiger partial charge on any atom is -0.369 e. The number of aliphatic imine (C=N–C) groups is 1. The summed E-state index contributed by atoms with van der Waals surface area (Å²) in [6.45, 7) is 6.24. The topological polar surface area (TPSA) is 41.6 Å². The largest absolute Gasteiger partial charge is 0.369 e. The molecule has 1 aliphatic rings.